The van der Waals surface area contributed by atoms with Crippen molar-refractivity contribution in [3.63, 3.8) is 0 Å². The van der Waals surface area contributed by atoms with Crippen LogP contribution in [0.3, 0.4) is 0 Å². The summed E-state index contributed by atoms with van der Waals surface area (Å²) in [4.78, 5) is 6.63. The van der Waals surface area contributed by atoms with Crippen molar-refractivity contribution in [3.8, 4) is 22.6 Å². The van der Waals surface area contributed by atoms with Crippen LogP contribution < -0.4 is 4.72 Å². The minimum Gasteiger partial charge on any atom is -0.343 e. The number of hydrogen-bond acceptors (Lipinski definition) is 4. The van der Waals surface area contributed by atoms with Gasteiger partial charge in [-0.3, -0.25) is 9.82 Å². The lowest BCUT2D eigenvalue weighted by Crippen LogP contribution is -2.15. The van der Waals surface area contributed by atoms with Crippen LogP contribution in [0.2, 0.25) is 5.02 Å². The van der Waals surface area contributed by atoms with Gasteiger partial charge in [-0.1, -0.05) is 29.8 Å². The summed E-state index contributed by atoms with van der Waals surface area (Å²) >= 11 is 5.94. The molecule has 0 spiro atoms. The van der Waals surface area contributed by atoms with E-state index in [0.717, 1.165) is 12.1 Å². The molecular formula is C22H13ClF3N5O2S. The average Bonchev–Trinajstić information content (AvgIpc) is 3.47. The smallest absolute Gasteiger partial charge is 0.263 e. The molecule has 172 valence electrons. The minimum atomic E-state index is -4.31. The van der Waals surface area contributed by atoms with E-state index in [1.54, 1.807) is 6.20 Å². The SMILES string of the molecule is O=S(=O)(Nc1ccc(F)c(-c2ccc3c(-c4ncc[nH]4)n[nH]c3c2F)c1F)c1ccccc1Cl. The highest BCUT2D eigenvalue weighted by molar-refractivity contribution is 7.92. The molecule has 0 amide bonds. The summed E-state index contributed by atoms with van der Waals surface area (Å²) < 4.78 is 72.9. The van der Waals surface area contributed by atoms with Crippen LogP contribution in [0.1, 0.15) is 0 Å². The summed E-state index contributed by atoms with van der Waals surface area (Å²) in [6.07, 6.45) is 3.07. The zero-order valence-corrected chi connectivity index (χ0v) is 18.5. The van der Waals surface area contributed by atoms with Crippen molar-refractivity contribution in [1.29, 1.82) is 0 Å². The quantitative estimate of drug-likeness (QED) is 0.295. The highest BCUT2D eigenvalue weighted by Crippen LogP contribution is 2.37. The molecule has 0 unspecified atom stereocenters. The fourth-order valence-corrected chi connectivity index (χ4v) is 5.14. The van der Waals surface area contributed by atoms with Crippen LogP contribution in [0.15, 0.2) is 65.8 Å². The predicted molar refractivity (Wildman–Crippen MR) is 121 cm³/mol. The number of aromatic amines is 2. The molecule has 0 saturated carbocycles. The van der Waals surface area contributed by atoms with Crippen molar-refractivity contribution < 1.29 is 21.6 Å². The van der Waals surface area contributed by atoms with Crippen LogP contribution in [0.5, 0.6) is 0 Å². The number of fused-ring (bicyclic) bond motifs is 1. The summed E-state index contributed by atoms with van der Waals surface area (Å²) in [5, 5.41) is 6.81. The lowest BCUT2D eigenvalue weighted by atomic mass is 10.0. The summed E-state index contributed by atoms with van der Waals surface area (Å²) in [7, 11) is -4.31. The molecule has 7 nitrogen and oxygen atoms in total. The molecule has 0 saturated heterocycles. The number of H-pyrrole nitrogens is 2. The number of benzene rings is 3. The van der Waals surface area contributed by atoms with E-state index >= 15 is 8.78 Å². The van der Waals surface area contributed by atoms with E-state index < -0.39 is 44.3 Å². The fraction of sp³-hybridized carbons (Fsp3) is 0. The Morgan fingerprint density at radius 2 is 1.76 bits per heavy atom. The average molecular weight is 504 g/mol. The maximum Gasteiger partial charge on any atom is 0.263 e. The summed E-state index contributed by atoms with van der Waals surface area (Å²) in [5.41, 5.74) is -1.50. The molecule has 0 aliphatic rings. The van der Waals surface area contributed by atoms with Crippen molar-refractivity contribution in [3.05, 3.63) is 83.4 Å². The van der Waals surface area contributed by atoms with Gasteiger partial charge in [0.1, 0.15) is 21.9 Å². The Hall–Kier alpha value is -3.83. The number of sulfonamides is 1. The normalized spacial score (nSPS) is 11.8. The lowest BCUT2D eigenvalue weighted by molar-refractivity contribution is 0.583. The molecule has 2 heterocycles. The van der Waals surface area contributed by atoms with Gasteiger partial charge in [-0.25, -0.2) is 26.6 Å². The van der Waals surface area contributed by atoms with Gasteiger partial charge in [0.05, 0.1) is 16.3 Å². The third-order valence-corrected chi connectivity index (χ3v) is 7.00. The summed E-state index contributed by atoms with van der Waals surface area (Å²) in [6, 6.07) is 9.94. The predicted octanol–water partition coefficient (Wildman–Crippen LogP) is 5.49. The third-order valence-electron chi connectivity index (χ3n) is 5.13. The molecule has 0 bridgehead atoms. The number of halogens is 4. The molecule has 0 fully saturated rings. The first-order chi connectivity index (χ1) is 16.3. The van der Waals surface area contributed by atoms with Crippen LogP contribution in [-0.2, 0) is 10.0 Å². The molecular weight excluding hydrogens is 491 g/mol. The second-order valence-corrected chi connectivity index (χ2v) is 9.24. The summed E-state index contributed by atoms with van der Waals surface area (Å²) in [6.45, 7) is 0. The number of imidazole rings is 1. The first kappa shape index (κ1) is 22.0. The Bertz CT molecular complexity index is 1650. The number of nitrogens with zero attached hydrogens (tertiary/aromatic N) is 2. The largest absolute Gasteiger partial charge is 0.343 e. The molecule has 0 radical (unpaired) electrons. The molecule has 5 rings (SSSR count). The van der Waals surface area contributed by atoms with Gasteiger partial charge in [0, 0.05) is 23.3 Å². The topological polar surface area (TPSA) is 104 Å². The van der Waals surface area contributed by atoms with Gasteiger partial charge in [-0.2, -0.15) is 5.10 Å². The van der Waals surface area contributed by atoms with Crippen molar-refractivity contribution in [2.75, 3.05) is 4.72 Å². The molecule has 3 aromatic carbocycles. The standard InChI is InChI=1S/C22H13ClF3N5O2S/c23-13-3-1-2-4-16(13)34(32,33)31-15-8-7-14(24)17(19(15)26)11-5-6-12-20(18(11)25)29-30-21(12)22-27-9-10-28-22/h1-10,31H,(H,27,28)(H,29,30). The Balaban J connectivity index is 1.61. The Kier molecular flexibility index (Phi) is 5.29. The van der Waals surface area contributed by atoms with Crippen molar-refractivity contribution in [2.24, 2.45) is 0 Å². The van der Waals surface area contributed by atoms with E-state index in [1.807, 2.05) is 0 Å². The van der Waals surface area contributed by atoms with E-state index in [2.05, 4.69) is 24.9 Å². The zero-order valence-electron chi connectivity index (χ0n) is 16.9. The van der Waals surface area contributed by atoms with E-state index in [-0.39, 0.29) is 15.4 Å². The Morgan fingerprint density at radius 3 is 2.50 bits per heavy atom. The first-order valence-corrected chi connectivity index (χ1v) is 11.6. The van der Waals surface area contributed by atoms with Crippen LogP contribution >= 0.6 is 11.6 Å². The lowest BCUT2D eigenvalue weighted by Gasteiger charge is -2.14. The minimum absolute atomic E-state index is 0.0826. The Morgan fingerprint density at radius 1 is 0.971 bits per heavy atom. The maximum absolute atomic E-state index is 15.4. The van der Waals surface area contributed by atoms with E-state index in [9.17, 15) is 12.8 Å². The van der Waals surface area contributed by atoms with E-state index in [4.69, 9.17) is 11.6 Å². The Labute approximate surface area is 195 Å². The monoisotopic (exact) mass is 503 g/mol. The zero-order chi connectivity index (χ0) is 24.0. The molecule has 0 aliphatic carbocycles. The van der Waals surface area contributed by atoms with Gasteiger partial charge in [0.15, 0.2) is 17.5 Å². The number of anilines is 1. The molecule has 2 aromatic heterocycles. The molecule has 12 heteroatoms. The fourth-order valence-electron chi connectivity index (χ4n) is 3.56. The number of hydrogen-bond donors (Lipinski definition) is 3. The van der Waals surface area contributed by atoms with E-state index in [0.29, 0.717) is 16.9 Å². The highest BCUT2D eigenvalue weighted by atomic mass is 35.5. The van der Waals surface area contributed by atoms with E-state index in [1.165, 1.54) is 42.6 Å². The number of nitrogens with one attached hydrogen (secondary N) is 3. The molecule has 34 heavy (non-hydrogen) atoms. The van der Waals surface area contributed by atoms with Crippen LogP contribution in [0.25, 0.3) is 33.5 Å². The third kappa shape index (κ3) is 3.58. The summed E-state index contributed by atoms with van der Waals surface area (Å²) in [5.74, 6) is -2.96. The molecule has 0 atom stereocenters. The van der Waals surface area contributed by atoms with Crippen molar-refractivity contribution in [1.82, 2.24) is 20.2 Å². The number of rotatable bonds is 5. The molecule has 5 aromatic rings. The van der Waals surface area contributed by atoms with Crippen LogP contribution in [0, 0.1) is 17.5 Å². The van der Waals surface area contributed by atoms with Crippen LogP contribution in [0.4, 0.5) is 18.9 Å². The highest BCUT2D eigenvalue weighted by Gasteiger charge is 2.25. The van der Waals surface area contributed by atoms with Crippen LogP contribution in [-0.4, -0.2) is 28.6 Å². The van der Waals surface area contributed by atoms with Gasteiger partial charge in [0.25, 0.3) is 10.0 Å². The van der Waals surface area contributed by atoms with Gasteiger partial charge >= 0.3 is 0 Å². The first-order valence-electron chi connectivity index (χ1n) is 9.70. The van der Waals surface area contributed by atoms with Crippen molar-refractivity contribution in [2.45, 2.75) is 4.90 Å². The second-order valence-electron chi connectivity index (χ2n) is 7.18. The van der Waals surface area contributed by atoms with Crippen molar-refractivity contribution >= 4 is 38.2 Å². The number of aromatic nitrogens is 4. The maximum atomic E-state index is 15.4. The molecule has 3 N–H and O–H groups in total. The van der Waals surface area contributed by atoms with Gasteiger partial charge in [-0.05, 0) is 30.3 Å². The van der Waals surface area contributed by atoms with Gasteiger partial charge in [0.2, 0.25) is 0 Å². The molecule has 0 aliphatic heterocycles. The van der Waals surface area contributed by atoms with Gasteiger partial charge < -0.3 is 4.98 Å². The second kappa shape index (κ2) is 8.19. The van der Waals surface area contributed by atoms with Gasteiger partial charge in [-0.15, -0.1) is 0 Å².